The Labute approximate surface area is 230 Å². The summed E-state index contributed by atoms with van der Waals surface area (Å²) >= 11 is 0. The molecule has 2 saturated heterocycles. The largest absolute Gasteiger partial charge is 0.497 e. The Bertz CT molecular complexity index is 1210. The van der Waals surface area contributed by atoms with Gasteiger partial charge in [-0.25, -0.2) is 4.79 Å². The number of nitrogens with zero attached hydrogens (tertiary/aromatic N) is 2. The minimum atomic E-state index is -1.35. The molecule has 39 heavy (non-hydrogen) atoms. The predicted octanol–water partition coefficient (Wildman–Crippen LogP) is 3.54. The van der Waals surface area contributed by atoms with Crippen molar-refractivity contribution < 1.29 is 33.3 Å². The number of benzene rings is 1. The summed E-state index contributed by atoms with van der Waals surface area (Å²) in [6.07, 6.45) is 6.37. The Morgan fingerprint density at radius 2 is 1.85 bits per heavy atom. The molecule has 212 valence electrons. The Hall–Kier alpha value is -2.78. The van der Waals surface area contributed by atoms with Crippen molar-refractivity contribution in [3.63, 3.8) is 0 Å². The maximum Gasteiger partial charge on any atom is 0.339 e. The van der Waals surface area contributed by atoms with E-state index in [1.807, 2.05) is 13.8 Å². The highest BCUT2D eigenvalue weighted by molar-refractivity contribution is 5.88. The molecule has 9 heteroatoms. The smallest absolute Gasteiger partial charge is 0.339 e. The summed E-state index contributed by atoms with van der Waals surface area (Å²) in [5, 5.41) is 0. The monoisotopic (exact) mass is 540 g/mol. The fraction of sp³-hybridized carbons (Fsp3) is 0.667. The first-order valence-corrected chi connectivity index (χ1v) is 14.1. The van der Waals surface area contributed by atoms with E-state index in [2.05, 4.69) is 23.1 Å². The van der Waals surface area contributed by atoms with E-state index in [-0.39, 0.29) is 30.6 Å². The van der Waals surface area contributed by atoms with Crippen LogP contribution < -0.4 is 9.47 Å². The molecule has 1 amide bonds. The van der Waals surface area contributed by atoms with Crippen LogP contribution in [0.1, 0.15) is 69.4 Å². The van der Waals surface area contributed by atoms with Crippen LogP contribution in [0.2, 0.25) is 0 Å². The Balaban J connectivity index is 1.41. The number of carbonyl (C=O) groups excluding carboxylic acids is 2. The van der Waals surface area contributed by atoms with Crippen molar-refractivity contribution in [3.05, 3.63) is 35.1 Å². The van der Waals surface area contributed by atoms with Crippen molar-refractivity contribution in [2.45, 2.75) is 87.6 Å². The van der Waals surface area contributed by atoms with Gasteiger partial charge in [0.1, 0.15) is 5.76 Å². The van der Waals surface area contributed by atoms with Crippen LogP contribution in [0.15, 0.2) is 24.0 Å². The molecule has 1 spiro atoms. The second-order valence-electron chi connectivity index (χ2n) is 12.5. The third-order valence-electron chi connectivity index (χ3n) is 9.34. The zero-order chi connectivity index (χ0) is 27.6. The molecule has 0 bridgehead atoms. The number of fused-ring (bicyclic) bond motifs is 3. The van der Waals surface area contributed by atoms with Crippen LogP contribution in [0.3, 0.4) is 0 Å². The average Bonchev–Trinajstić information content (AvgIpc) is 3.57. The lowest BCUT2D eigenvalue weighted by Crippen LogP contribution is -2.55. The van der Waals surface area contributed by atoms with Gasteiger partial charge >= 0.3 is 5.97 Å². The molecule has 1 aliphatic carbocycles. The molecule has 4 heterocycles. The maximum absolute atomic E-state index is 14.3. The van der Waals surface area contributed by atoms with Gasteiger partial charge in [0.25, 0.3) is 0 Å². The lowest BCUT2D eigenvalue weighted by molar-refractivity contribution is -0.214. The number of ether oxygens (including phenoxy) is 5. The van der Waals surface area contributed by atoms with Crippen molar-refractivity contribution in [1.82, 2.24) is 9.80 Å². The number of rotatable bonds is 5. The van der Waals surface area contributed by atoms with Gasteiger partial charge in [-0.3, -0.25) is 9.69 Å². The SMILES string of the molecule is COC1=CC23CCCN2CCc2cc4c(cc2[C@@H]3C1OC(=O)C1(CC(=O)N(C)C)CCCC(C)(C)O1)OCO4. The Morgan fingerprint density at radius 3 is 2.56 bits per heavy atom. The first kappa shape index (κ1) is 26.4. The molecule has 0 aromatic heterocycles. The molecule has 1 aromatic carbocycles. The van der Waals surface area contributed by atoms with Crippen LogP contribution in [-0.2, 0) is 30.2 Å². The lowest BCUT2D eigenvalue weighted by Gasteiger charge is -2.44. The van der Waals surface area contributed by atoms with Gasteiger partial charge in [-0.05, 0) is 88.3 Å². The highest BCUT2D eigenvalue weighted by Crippen LogP contribution is 2.56. The Morgan fingerprint density at radius 1 is 1.08 bits per heavy atom. The van der Waals surface area contributed by atoms with Crippen molar-refractivity contribution >= 4 is 11.9 Å². The van der Waals surface area contributed by atoms with E-state index in [1.54, 1.807) is 21.2 Å². The zero-order valence-corrected chi connectivity index (χ0v) is 23.7. The first-order chi connectivity index (χ1) is 18.6. The Kier molecular flexibility index (Phi) is 6.38. The van der Waals surface area contributed by atoms with E-state index in [0.717, 1.165) is 62.3 Å². The quantitative estimate of drug-likeness (QED) is 0.525. The molecule has 1 aromatic rings. The minimum Gasteiger partial charge on any atom is -0.497 e. The summed E-state index contributed by atoms with van der Waals surface area (Å²) < 4.78 is 30.4. The van der Waals surface area contributed by atoms with E-state index >= 15 is 0 Å². The number of methoxy groups -OCH3 is 1. The number of carbonyl (C=O) groups is 2. The summed E-state index contributed by atoms with van der Waals surface area (Å²) in [4.78, 5) is 31.2. The van der Waals surface area contributed by atoms with Crippen molar-refractivity contribution in [1.29, 1.82) is 0 Å². The molecule has 2 fully saturated rings. The topological polar surface area (TPSA) is 86.8 Å². The van der Waals surface area contributed by atoms with Crippen LogP contribution in [0.25, 0.3) is 0 Å². The van der Waals surface area contributed by atoms with E-state index in [0.29, 0.717) is 12.2 Å². The van der Waals surface area contributed by atoms with Gasteiger partial charge in [-0.2, -0.15) is 0 Å². The number of hydrogen-bond acceptors (Lipinski definition) is 8. The molecule has 0 radical (unpaired) electrons. The summed E-state index contributed by atoms with van der Waals surface area (Å²) in [5.74, 6) is 1.29. The molecular weight excluding hydrogens is 500 g/mol. The van der Waals surface area contributed by atoms with Gasteiger partial charge in [-0.1, -0.05) is 0 Å². The second kappa shape index (κ2) is 9.41. The number of hydrogen-bond donors (Lipinski definition) is 0. The lowest BCUT2D eigenvalue weighted by atomic mass is 9.77. The van der Waals surface area contributed by atoms with Gasteiger partial charge in [-0.15, -0.1) is 0 Å². The molecule has 4 aliphatic heterocycles. The molecule has 0 N–H and O–H groups in total. The molecule has 9 nitrogen and oxygen atoms in total. The summed E-state index contributed by atoms with van der Waals surface area (Å²) in [6.45, 7) is 6.02. The van der Waals surface area contributed by atoms with E-state index in [1.165, 1.54) is 10.5 Å². The molecule has 5 aliphatic rings. The highest BCUT2D eigenvalue weighted by Gasteiger charge is 2.59. The van der Waals surface area contributed by atoms with E-state index in [4.69, 9.17) is 23.7 Å². The van der Waals surface area contributed by atoms with Crippen LogP contribution in [0.4, 0.5) is 0 Å². The fourth-order valence-electron chi connectivity index (χ4n) is 7.49. The third kappa shape index (κ3) is 4.29. The predicted molar refractivity (Wildman–Crippen MR) is 143 cm³/mol. The summed E-state index contributed by atoms with van der Waals surface area (Å²) in [5.41, 5.74) is 0.0604. The fourth-order valence-corrected chi connectivity index (χ4v) is 7.49. The molecule has 6 rings (SSSR count). The van der Waals surface area contributed by atoms with Crippen LogP contribution in [0, 0.1) is 0 Å². The maximum atomic E-state index is 14.3. The first-order valence-electron chi connectivity index (χ1n) is 14.1. The van der Waals surface area contributed by atoms with Crippen LogP contribution in [-0.4, -0.2) is 85.6 Å². The van der Waals surface area contributed by atoms with Gasteiger partial charge in [0.05, 0.1) is 30.6 Å². The highest BCUT2D eigenvalue weighted by atomic mass is 16.7. The minimum absolute atomic E-state index is 0.0573. The molecule has 4 atom stereocenters. The van der Waals surface area contributed by atoms with E-state index < -0.39 is 23.3 Å². The summed E-state index contributed by atoms with van der Waals surface area (Å²) in [7, 11) is 5.03. The van der Waals surface area contributed by atoms with Crippen LogP contribution in [0.5, 0.6) is 11.5 Å². The molecule has 3 unspecified atom stereocenters. The van der Waals surface area contributed by atoms with Crippen molar-refractivity contribution in [2.75, 3.05) is 41.1 Å². The number of esters is 1. The standard InChI is InChI=1S/C30H40N2O7/c1-28(2)9-6-11-30(39-28,17-24(33)31(3)4)27(34)38-26-23(35-5)16-29-10-7-12-32(29)13-8-19-14-21-22(37-18-36-21)15-20(19)25(26)29/h14-16,25-26H,6-13,17-18H2,1-5H3/t25-,26?,29?,30?/m1/s1. The van der Waals surface area contributed by atoms with E-state index in [9.17, 15) is 9.59 Å². The van der Waals surface area contributed by atoms with Gasteiger partial charge < -0.3 is 28.6 Å². The van der Waals surface area contributed by atoms with Gasteiger partial charge in [0, 0.05) is 20.6 Å². The average molecular weight is 541 g/mol. The second-order valence-corrected chi connectivity index (χ2v) is 12.5. The third-order valence-corrected chi connectivity index (χ3v) is 9.34. The van der Waals surface area contributed by atoms with Crippen molar-refractivity contribution in [3.8, 4) is 11.5 Å². The van der Waals surface area contributed by atoms with Gasteiger partial charge in [0.2, 0.25) is 12.7 Å². The molecular formula is C30H40N2O7. The van der Waals surface area contributed by atoms with Crippen molar-refractivity contribution in [2.24, 2.45) is 0 Å². The summed E-state index contributed by atoms with van der Waals surface area (Å²) in [6, 6.07) is 4.16. The zero-order valence-electron chi connectivity index (χ0n) is 23.7. The van der Waals surface area contributed by atoms with Crippen LogP contribution >= 0.6 is 0 Å². The number of amides is 1. The normalized spacial score (nSPS) is 32.4. The molecule has 0 saturated carbocycles. The van der Waals surface area contributed by atoms with Gasteiger partial charge in [0.15, 0.2) is 23.2 Å².